The summed E-state index contributed by atoms with van der Waals surface area (Å²) in [5.74, 6) is 0. The molecule has 0 aliphatic carbocycles. The first-order chi connectivity index (χ1) is 5.68. The van der Waals surface area contributed by atoms with Crippen molar-refractivity contribution in [2.24, 2.45) is 0 Å². The van der Waals surface area contributed by atoms with Gasteiger partial charge in [-0.15, -0.1) is 0 Å². The summed E-state index contributed by atoms with van der Waals surface area (Å²) in [6.07, 6.45) is 2.40. The molecule has 0 aliphatic heterocycles. The molecule has 0 fully saturated rings. The zero-order valence-corrected chi connectivity index (χ0v) is 8.26. The van der Waals surface area contributed by atoms with Gasteiger partial charge in [-0.3, -0.25) is 10.1 Å². The molecule has 1 aromatic carbocycles. The molecule has 0 aromatic heterocycles. The fourth-order valence-electron chi connectivity index (χ4n) is 0.721. The maximum atomic E-state index is 9.96. The van der Waals surface area contributed by atoms with Crippen molar-refractivity contribution in [2.45, 2.75) is 0 Å². The average Bonchev–Trinajstić information content (AvgIpc) is 2.03. The minimum Gasteiger partial charge on any atom is -0.259 e. The molecule has 1 aromatic rings. The van der Waals surface area contributed by atoms with Crippen LogP contribution in [0.25, 0.3) is 6.08 Å². The van der Waals surface area contributed by atoms with E-state index in [0.717, 1.165) is 15.3 Å². The van der Waals surface area contributed by atoms with Crippen molar-refractivity contribution in [3.05, 3.63) is 49.7 Å². The van der Waals surface area contributed by atoms with Crippen LogP contribution in [0, 0.1) is 13.7 Å². The fourth-order valence-corrected chi connectivity index (χ4v) is 1.08. The van der Waals surface area contributed by atoms with E-state index in [4.69, 9.17) is 0 Å². The van der Waals surface area contributed by atoms with Crippen LogP contribution in [0.2, 0.25) is 0 Å². The molecule has 1 rings (SSSR count). The van der Waals surface area contributed by atoms with E-state index in [0.29, 0.717) is 0 Å². The lowest BCUT2D eigenvalue weighted by Gasteiger charge is -1.90. The lowest BCUT2D eigenvalue weighted by Crippen LogP contribution is -1.82. The highest BCUT2D eigenvalue weighted by Crippen LogP contribution is 2.07. The van der Waals surface area contributed by atoms with E-state index >= 15 is 0 Å². The molecule has 0 spiro atoms. The standard InChI is InChI=1S/C8H6INO2/c9-8-3-1-7(2-4-8)5-6-10(11)12/h1-6H. The van der Waals surface area contributed by atoms with Crippen LogP contribution in [0.5, 0.6) is 0 Å². The molecule has 0 N–H and O–H groups in total. The minimum atomic E-state index is -0.474. The van der Waals surface area contributed by atoms with Crippen LogP contribution >= 0.6 is 22.6 Å². The number of nitrogens with zero attached hydrogens (tertiary/aromatic N) is 1. The quantitative estimate of drug-likeness (QED) is 0.473. The molecule has 0 saturated heterocycles. The van der Waals surface area contributed by atoms with Gasteiger partial charge in [-0.25, -0.2) is 0 Å². The smallest absolute Gasteiger partial charge is 0.235 e. The van der Waals surface area contributed by atoms with Crippen LogP contribution in [0.1, 0.15) is 5.56 Å². The zero-order chi connectivity index (χ0) is 8.97. The van der Waals surface area contributed by atoms with E-state index in [1.54, 1.807) is 0 Å². The maximum absolute atomic E-state index is 9.96. The summed E-state index contributed by atoms with van der Waals surface area (Å²) >= 11 is 2.18. The second-order valence-corrected chi connectivity index (χ2v) is 3.40. The third-order valence-corrected chi connectivity index (χ3v) is 1.98. The van der Waals surface area contributed by atoms with E-state index in [1.807, 2.05) is 24.3 Å². The van der Waals surface area contributed by atoms with Gasteiger partial charge in [0.15, 0.2) is 0 Å². The Morgan fingerprint density at radius 2 is 1.92 bits per heavy atom. The Balaban J connectivity index is 2.77. The summed E-state index contributed by atoms with van der Waals surface area (Å²) in [5, 5.41) is 9.96. The summed E-state index contributed by atoms with van der Waals surface area (Å²) in [5.41, 5.74) is 0.840. The van der Waals surface area contributed by atoms with Gasteiger partial charge in [0, 0.05) is 9.65 Å². The van der Waals surface area contributed by atoms with Crippen LogP contribution in [0.15, 0.2) is 30.5 Å². The molecule has 0 heterocycles. The van der Waals surface area contributed by atoms with Gasteiger partial charge in [-0.05, 0) is 40.3 Å². The van der Waals surface area contributed by atoms with E-state index in [2.05, 4.69) is 22.6 Å². The molecule has 0 bridgehead atoms. The van der Waals surface area contributed by atoms with Crippen molar-refractivity contribution < 1.29 is 4.92 Å². The van der Waals surface area contributed by atoms with Crippen molar-refractivity contribution >= 4 is 28.7 Å². The van der Waals surface area contributed by atoms with Crippen LogP contribution < -0.4 is 0 Å². The topological polar surface area (TPSA) is 43.1 Å². The Bertz CT molecular complexity index is 305. The number of nitro groups is 1. The van der Waals surface area contributed by atoms with Crippen LogP contribution in [-0.4, -0.2) is 4.92 Å². The van der Waals surface area contributed by atoms with Gasteiger partial charge < -0.3 is 0 Å². The SMILES string of the molecule is O=[N+]([O-])C=Cc1ccc(I)cc1. The van der Waals surface area contributed by atoms with Gasteiger partial charge in [-0.2, -0.15) is 0 Å². The monoisotopic (exact) mass is 275 g/mol. The number of benzene rings is 1. The van der Waals surface area contributed by atoms with Gasteiger partial charge in [0.05, 0.1) is 4.92 Å². The van der Waals surface area contributed by atoms with Crippen LogP contribution in [0.4, 0.5) is 0 Å². The fraction of sp³-hybridized carbons (Fsp3) is 0. The van der Waals surface area contributed by atoms with Crippen molar-refractivity contribution in [1.82, 2.24) is 0 Å². The predicted octanol–water partition coefficient (Wildman–Crippen LogP) is 2.54. The van der Waals surface area contributed by atoms with Gasteiger partial charge in [0.2, 0.25) is 6.20 Å². The van der Waals surface area contributed by atoms with Crippen molar-refractivity contribution in [2.75, 3.05) is 0 Å². The van der Waals surface area contributed by atoms with Crippen molar-refractivity contribution in [1.29, 1.82) is 0 Å². The second-order valence-electron chi connectivity index (χ2n) is 2.15. The maximum Gasteiger partial charge on any atom is 0.235 e. The number of hydrogen-bond donors (Lipinski definition) is 0. The molecule has 0 radical (unpaired) electrons. The Morgan fingerprint density at radius 3 is 2.42 bits per heavy atom. The summed E-state index contributed by atoms with van der Waals surface area (Å²) in [7, 11) is 0. The first kappa shape index (κ1) is 9.18. The van der Waals surface area contributed by atoms with Crippen molar-refractivity contribution in [3.63, 3.8) is 0 Å². The molecule has 4 heteroatoms. The Morgan fingerprint density at radius 1 is 1.33 bits per heavy atom. The lowest BCUT2D eigenvalue weighted by molar-refractivity contribution is -0.400. The molecule has 0 unspecified atom stereocenters. The van der Waals surface area contributed by atoms with Crippen molar-refractivity contribution in [3.8, 4) is 0 Å². The van der Waals surface area contributed by atoms with Gasteiger partial charge >= 0.3 is 0 Å². The predicted molar refractivity (Wildman–Crippen MR) is 55.2 cm³/mol. The molecule has 0 saturated carbocycles. The molecule has 0 amide bonds. The Kier molecular flexibility index (Phi) is 3.21. The minimum absolute atomic E-state index is 0.474. The molecular weight excluding hydrogens is 269 g/mol. The largest absolute Gasteiger partial charge is 0.259 e. The molecular formula is C8H6INO2. The number of rotatable bonds is 2. The summed E-state index contributed by atoms with van der Waals surface area (Å²) < 4.78 is 1.12. The Labute approximate surface area is 83.4 Å². The van der Waals surface area contributed by atoms with Gasteiger partial charge in [-0.1, -0.05) is 12.1 Å². The third-order valence-electron chi connectivity index (χ3n) is 1.26. The van der Waals surface area contributed by atoms with Crippen LogP contribution in [0.3, 0.4) is 0 Å². The van der Waals surface area contributed by atoms with Gasteiger partial charge in [0.25, 0.3) is 0 Å². The molecule has 3 nitrogen and oxygen atoms in total. The second kappa shape index (κ2) is 4.20. The highest BCUT2D eigenvalue weighted by Gasteiger charge is 1.89. The Hall–Kier alpha value is -0.910. The molecule has 12 heavy (non-hydrogen) atoms. The summed E-state index contributed by atoms with van der Waals surface area (Å²) in [6, 6.07) is 7.48. The highest BCUT2D eigenvalue weighted by molar-refractivity contribution is 14.1. The van der Waals surface area contributed by atoms with E-state index in [9.17, 15) is 10.1 Å². The molecule has 0 aliphatic rings. The average molecular weight is 275 g/mol. The number of halogens is 1. The number of hydrogen-bond acceptors (Lipinski definition) is 2. The third kappa shape index (κ3) is 3.00. The first-order valence-corrected chi connectivity index (χ1v) is 4.33. The normalized spacial score (nSPS) is 10.4. The summed E-state index contributed by atoms with van der Waals surface area (Å²) in [4.78, 5) is 9.48. The highest BCUT2D eigenvalue weighted by atomic mass is 127. The summed E-state index contributed by atoms with van der Waals surface area (Å²) in [6.45, 7) is 0. The van der Waals surface area contributed by atoms with Crippen LogP contribution in [-0.2, 0) is 0 Å². The van der Waals surface area contributed by atoms with E-state index < -0.39 is 4.92 Å². The first-order valence-electron chi connectivity index (χ1n) is 3.26. The molecule has 0 atom stereocenters. The lowest BCUT2D eigenvalue weighted by atomic mass is 10.2. The van der Waals surface area contributed by atoms with E-state index in [1.165, 1.54) is 6.08 Å². The zero-order valence-electron chi connectivity index (χ0n) is 6.11. The van der Waals surface area contributed by atoms with Gasteiger partial charge in [0.1, 0.15) is 0 Å². The van der Waals surface area contributed by atoms with E-state index in [-0.39, 0.29) is 0 Å². The molecule has 62 valence electrons.